The van der Waals surface area contributed by atoms with Crippen LogP contribution in [0.5, 0.6) is 0 Å². The summed E-state index contributed by atoms with van der Waals surface area (Å²) in [6, 6.07) is 5.66. The first-order chi connectivity index (χ1) is 9.10. The molecule has 0 atom stereocenters. The molecular weight excluding hydrogens is 262 g/mol. The summed E-state index contributed by atoms with van der Waals surface area (Å²) in [5, 5.41) is 0.542. The van der Waals surface area contributed by atoms with E-state index in [0.29, 0.717) is 17.3 Å². The molecule has 1 aromatic carbocycles. The Hall–Kier alpha value is -2.08. The van der Waals surface area contributed by atoms with Crippen molar-refractivity contribution in [3.8, 4) is 11.3 Å². The fourth-order valence-electron chi connectivity index (χ4n) is 2.20. The minimum Gasteiger partial charge on any atom is -0.408 e. The molecule has 3 aromatic rings. The molecule has 2 N–H and O–H groups in total. The highest BCUT2D eigenvalue weighted by Crippen LogP contribution is 2.30. The number of fused-ring (bicyclic) bond motifs is 1. The second-order valence-electron chi connectivity index (χ2n) is 4.25. The van der Waals surface area contributed by atoms with Crippen LogP contribution in [0.4, 0.5) is 5.13 Å². The molecule has 2 heterocycles. The fraction of sp³-hybridized carbons (Fsp3) is 0.231. The smallest absolute Gasteiger partial charge is 0.408 e. The number of nitrogens with zero attached hydrogens (tertiary/aromatic N) is 2. The van der Waals surface area contributed by atoms with Crippen molar-refractivity contribution in [2.45, 2.75) is 20.4 Å². The Morgan fingerprint density at radius 1 is 1.47 bits per heavy atom. The normalized spacial score (nSPS) is 11.3. The zero-order valence-electron chi connectivity index (χ0n) is 10.6. The zero-order valence-corrected chi connectivity index (χ0v) is 11.5. The molecule has 0 saturated carbocycles. The van der Waals surface area contributed by atoms with Gasteiger partial charge in [0.25, 0.3) is 0 Å². The van der Waals surface area contributed by atoms with Gasteiger partial charge in [-0.25, -0.2) is 9.78 Å². The average Bonchev–Trinajstić information content (AvgIpc) is 2.86. The predicted octanol–water partition coefficient (Wildman–Crippen LogP) is 2.63. The lowest BCUT2D eigenvalue weighted by molar-refractivity contribution is 0.513. The van der Waals surface area contributed by atoms with Gasteiger partial charge in [-0.3, -0.25) is 4.57 Å². The highest BCUT2D eigenvalue weighted by molar-refractivity contribution is 7.15. The van der Waals surface area contributed by atoms with E-state index in [-0.39, 0.29) is 5.76 Å². The van der Waals surface area contributed by atoms with Crippen LogP contribution in [0.2, 0.25) is 0 Å². The maximum absolute atomic E-state index is 11.7. The number of aryl methyl sites for hydroxylation is 2. The van der Waals surface area contributed by atoms with Gasteiger partial charge in [-0.15, -0.1) is 11.3 Å². The van der Waals surface area contributed by atoms with Gasteiger partial charge in [-0.05, 0) is 26.0 Å². The topological polar surface area (TPSA) is 74.0 Å². The SMILES string of the molecule is CCn1c(=O)oc2cc(-c3nc(N)sc3C)ccc21. The van der Waals surface area contributed by atoms with Crippen LogP contribution >= 0.6 is 11.3 Å². The number of hydrogen-bond donors (Lipinski definition) is 1. The third kappa shape index (κ3) is 1.84. The number of aromatic nitrogens is 2. The maximum atomic E-state index is 11.7. The molecule has 0 amide bonds. The molecule has 0 aliphatic rings. The molecule has 0 fully saturated rings. The van der Waals surface area contributed by atoms with Crippen molar-refractivity contribution in [2.75, 3.05) is 5.73 Å². The molecule has 0 bridgehead atoms. The van der Waals surface area contributed by atoms with Crippen molar-refractivity contribution in [2.24, 2.45) is 0 Å². The average molecular weight is 275 g/mol. The van der Waals surface area contributed by atoms with Crippen LogP contribution < -0.4 is 11.5 Å². The number of anilines is 1. The van der Waals surface area contributed by atoms with Crippen molar-refractivity contribution < 1.29 is 4.42 Å². The number of hydrogen-bond acceptors (Lipinski definition) is 5. The second kappa shape index (κ2) is 4.24. The summed E-state index contributed by atoms with van der Waals surface area (Å²) >= 11 is 1.45. The minimum absolute atomic E-state index is 0.329. The minimum atomic E-state index is -0.329. The lowest BCUT2D eigenvalue weighted by atomic mass is 10.1. The van der Waals surface area contributed by atoms with Crippen molar-refractivity contribution in [3.63, 3.8) is 0 Å². The van der Waals surface area contributed by atoms with Crippen LogP contribution in [0, 0.1) is 6.92 Å². The highest BCUT2D eigenvalue weighted by Gasteiger charge is 2.12. The van der Waals surface area contributed by atoms with Crippen molar-refractivity contribution in [1.82, 2.24) is 9.55 Å². The Morgan fingerprint density at radius 2 is 2.26 bits per heavy atom. The van der Waals surface area contributed by atoms with Crippen LogP contribution in [-0.2, 0) is 6.54 Å². The molecule has 0 saturated heterocycles. The fourth-order valence-corrected chi connectivity index (χ4v) is 2.91. The van der Waals surface area contributed by atoms with E-state index in [1.165, 1.54) is 11.3 Å². The third-order valence-corrected chi connectivity index (χ3v) is 3.87. The molecule has 3 rings (SSSR count). The summed E-state index contributed by atoms with van der Waals surface area (Å²) in [7, 11) is 0. The predicted molar refractivity (Wildman–Crippen MR) is 76.4 cm³/mol. The van der Waals surface area contributed by atoms with Crippen molar-refractivity contribution in [3.05, 3.63) is 33.6 Å². The summed E-state index contributed by atoms with van der Waals surface area (Å²) in [4.78, 5) is 17.0. The van der Waals surface area contributed by atoms with Gasteiger partial charge in [0.15, 0.2) is 10.7 Å². The molecule has 6 heteroatoms. The summed E-state index contributed by atoms with van der Waals surface area (Å²) < 4.78 is 6.85. The van der Waals surface area contributed by atoms with Gasteiger partial charge >= 0.3 is 5.76 Å². The van der Waals surface area contributed by atoms with Crippen LogP contribution in [0.1, 0.15) is 11.8 Å². The van der Waals surface area contributed by atoms with Crippen molar-refractivity contribution in [1.29, 1.82) is 0 Å². The van der Waals surface area contributed by atoms with Gasteiger partial charge in [-0.1, -0.05) is 6.07 Å². The zero-order chi connectivity index (χ0) is 13.6. The summed E-state index contributed by atoms with van der Waals surface area (Å²) in [6.07, 6.45) is 0. The third-order valence-electron chi connectivity index (χ3n) is 3.07. The first-order valence-corrected chi connectivity index (χ1v) is 6.78. The van der Waals surface area contributed by atoms with Gasteiger partial charge in [0.1, 0.15) is 0 Å². The van der Waals surface area contributed by atoms with Crippen LogP contribution in [-0.4, -0.2) is 9.55 Å². The number of nitrogens with two attached hydrogens (primary N) is 1. The van der Waals surface area contributed by atoms with E-state index in [0.717, 1.165) is 21.7 Å². The quantitative estimate of drug-likeness (QED) is 0.780. The molecule has 0 aliphatic carbocycles. The molecule has 0 spiro atoms. The molecule has 0 unspecified atom stereocenters. The lowest BCUT2D eigenvalue weighted by Crippen LogP contribution is -2.11. The van der Waals surface area contributed by atoms with Crippen LogP contribution in [0.3, 0.4) is 0 Å². The van der Waals surface area contributed by atoms with Gasteiger partial charge in [0.05, 0.1) is 11.2 Å². The highest BCUT2D eigenvalue weighted by atomic mass is 32.1. The van der Waals surface area contributed by atoms with E-state index in [1.807, 2.05) is 32.0 Å². The molecular formula is C13H13N3O2S. The number of benzene rings is 1. The van der Waals surface area contributed by atoms with E-state index < -0.39 is 0 Å². The van der Waals surface area contributed by atoms with E-state index in [4.69, 9.17) is 10.2 Å². The Bertz CT molecular complexity index is 813. The molecule has 0 aliphatic heterocycles. The summed E-state index contributed by atoms with van der Waals surface area (Å²) in [5.41, 5.74) is 8.85. The maximum Gasteiger partial charge on any atom is 0.419 e. The van der Waals surface area contributed by atoms with Gasteiger partial charge < -0.3 is 10.2 Å². The summed E-state index contributed by atoms with van der Waals surface area (Å²) in [5.74, 6) is -0.329. The number of rotatable bonds is 2. The first-order valence-electron chi connectivity index (χ1n) is 5.97. The number of oxazole rings is 1. The van der Waals surface area contributed by atoms with Crippen LogP contribution in [0.15, 0.2) is 27.4 Å². The molecule has 98 valence electrons. The molecule has 5 nitrogen and oxygen atoms in total. The van der Waals surface area contributed by atoms with Crippen LogP contribution in [0.25, 0.3) is 22.4 Å². The number of thiazole rings is 1. The Kier molecular flexibility index (Phi) is 2.67. The summed E-state index contributed by atoms with van der Waals surface area (Å²) in [6.45, 7) is 4.48. The lowest BCUT2D eigenvalue weighted by Gasteiger charge is -1.99. The van der Waals surface area contributed by atoms with Gasteiger partial charge in [0.2, 0.25) is 0 Å². The Labute approximate surface area is 113 Å². The van der Waals surface area contributed by atoms with Crippen molar-refractivity contribution >= 4 is 27.6 Å². The van der Waals surface area contributed by atoms with E-state index in [1.54, 1.807) is 4.57 Å². The second-order valence-corrected chi connectivity index (χ2v) is 5.49. The van der Waals surface area contributed by atoms with Gasteiger partial charge in [0, 0.05) is 17.0 Å². The number of nitrogen functional groups attached to an aromatic ring is 1. The Balaban J connectivity index is 2.22. The molecule has 2 aromatic heterocycles. The monoisotopic (exact) mass is 275 g/mol. The largest absolute Gasteiger partial charge is 0.419 e. The van der Waals surface area contributed by atoms with E-state index in [2.05, 4.69) is 4.98 Å². The van der Waals surface area contributed by atoms with Gasteiger partial charge in [-0.2, -0.15) is 0 Å². The first kappa shape index (κ1) is 12.0. The molecule has 19 heavy (non-hydrogen) atoms. The van der Waals surface area contributed by atoms with E-state index in [9.17, 15) is 4.79 Å². The Morgan fingerprint density at radius 3 is 2.89 bits per heavy atom. The van der Waals surface area contributed by atoms with E-state index >= 15 is 0 Å². The standard InChI is InChI=1S/C13H13N3O2S/c1-3-16-9-5-4-8(6-10(9)18-13(16)17)11-7(2)19-12(14)15-11/h4-6H,3H2,1-2H3,(H2,14,15). The molecule has 0 radical (unpaired) electrons.